The first-order chi connectivity index (χ1) is 10.2. The highest BCUT2D eigenvalue weighted by Gasteiger charge is 2.46. The van der Waals surface area contributed by atoms with Gasteiger partial charge in [0, 0.05) is 7.05 Å². The Hall–Kier alpha value is -2.34. The highest BCUT2D eigenvalue weighted by atomic mass is 16.5. The zero-order valence-corrected chi connectivity index (χ0v) is 11.5. The zero-order chi connectivity index (χ0) is 14.2. The summed E-state index contributed by atoms with van der Waals surface area (Å²) in [5, 5.41) is 0.913. The second kappa shape index (κ2) is 3.46. The zero-order valence-electron chi connectivity index (χ0n) is 11.5. The average Bonchev–Trinajstić information content (AvgIpc) is 2.63. The van der Waals surface area contributed by atoms with Gasteiger partial charge in [-0.15, -0.1) is 0 Å². The van der Waals surface area contributed by atoms with Gasteiger partial charge in [0.25, 0.3) is 0 Å². The first-order valence-electron chi connectivity index (χ1n) is 6.91. The Labute approximate surface area is 119 Å². The van der Waals surface area contributed by atoms with E-state index in [0.717, 1.165) is 27.7 Å². The Kier molecular flexibility index (Phi) is 1.87. The van der Waals surface area contributed by atoms with Gasteiger partial charge in [0.15, 0.2) is 0 Å². The molecule has 0 radical (unpaired) electrons. The molecule has 0 aliphatic carbocycles. The fraction of sp³-hybridized carbons (Fsp3) is 0.333. The molecule has 106 valence electrons. The normalized spacial score (nSPS) is 18.9. The van der Waals surface area contributed by atoms with Gasteiger partial charge in [-0.2, -0.15) is 0 Å². The third-order valence-corrected chi connectivity index (χ3v) is 4.58. The summed E-state index contributed by atoms with van der Waals surface area (Å²) >= 11 is 0. The number of aryl methyl sites for hydroxylation is 1. The minimum Gasteiger partial charge on any atom is -0.490 e. The summed E-state index contributed by atoms with van der Waals surface area (Å²) in [6.07, 6.45) is 1.76. The van der Waals surface area contributed by atoms with Crippen molar-refractivity contribution in [3.63, 3.8) is 0 Å². The molecule has 0 unspecified atom stereocenters. The number of fused-ring (bicyclic) bond motifs is 1. The molecule has 5 rings (SSSR count). The molecule has 0 saturated carbocycles. The van der Waals surface area contributed by atoms with E-state index in [0.29, 0.717) is 19.8 Å². The molecule has 0 bridgehead atoms. The smallest absolute Gasteiger partial charge is 0.329 e. The van der Waals surface area contributed by atoms with Gasteiger partial charge in [0.05, 0.1) is 41.3 Å². The Balaban J connectivity index is 2.09. The van der Waals surface area contributed by atoms with Crippen LogP contribution in [0.1, 0.15) is 0 Å². The lowest BCUT2D eigenvalue weighted by Gasteiger charge is -2.40. The molecular formula is C15H13N3O3. The topological polar surface area (TPSA) is 58.3 Å². The van der Waals surface area contributed by atoms with Gasteiger partial charge in [0.1, 0.15) is 17.9 Å². The van der Waals surface area contributed by atoms with E-state index in [4.69, 9.17) is 9.47 Å². The number of hydrogen-bond donors (Lipinski definition) is 0. The van der Waals surface area contributed by atoms with E-state index < -0.39 is 5.54 Å². The maximum absolute atomic E-state index is 12.7. The van der Waals surface area contributed by atoms with Crippen LogP contribution in [0.5, 0.6) is 5.75 Å². The summed E-state index contributed by atoms with van der Waals surface area (Å²) in [6.45, 7) is 1.45. The highest BCUT2D eigenvalue weighted by Crippen LogP contribution is 2.39. The van der Waals surface area contributed by atoms with Crippen molar-refractivity contribution in [2.45, 2.75) is 5.54 Å². The van der Waals surface area contributed by atoms with Crippen molar-refractivity contribution < 1.29 is 9.47 Å². The van der Waals surface area contributed by atoms with Crippen LogP contribution in [0.15, 0.2) is 29.2 Å². The Morgan fingerprint density at radius 2 is 2.14 bits per heavy atom. The predicted octanol–water partition coefficient (Wildman–Crippen LogP) is 1.01. The molecule has 6 nitrogen and oxygen atoms in total. The number of aromatic nitrogens is 3. The summed E-state index contributed by atoms with van der Waals surface area (Å²) in [5.41, 5.74) is 2.14. The molecule has 0 atom stereocenters. The van der Waals surface area contributed by atoms with Gasteiger partial charge < -0.3 is 9.47 Å². The van der Waals surface area contributed by atoms with Crippen molar-refractivity contribution in [2.24, 2.45) is 7.05 Å². The number of pyridine rings is 1. The number of benzene rings is 1. The number of nitrogens with zero attached hydrogens (tertiary/aromatic N) is 3. The summed E-state index contributed by atoms with van der Waals surface area (Å²) in [6, 6.07) is 5.81. The lowest BCUT2D eigenvalue weighted by molar-refractivity contribution is -0.118. The summed E-state index contributed by atoms with van der Waals surface area (Å²) in [7, 11) is 1.78. The molecule has 1 fully saturated rings. The van der Waals surface area contributed by atoms with Crippen molar-refractivity contribution in [3.05, 3.63) is 34.9 Å². The van der Waals surface area contributed by atoms with Gasteiger partial charge in [0.2, 0.25) is 0 Å². The summed E-state index contributed by atoms with van der Waals surface area (Å²) < 4.78 is 14.9. The highest BCUT2D eigenvalue weighted by molar-refractivity contribution is 6.06. The first kappa shape index (κ1) is 11.3. The van der Waals surface area contributed by atoms with E-state index in [1.807, 2.05) is 22.8 Å². The maximum atomic E-state index is 12.7. The molecule has 2 aliphatic heterocycles. The Bertz CT molecular complexity index is 966. The van der Waals surface area contributed by atoms with Crippen LogP contribution in [-0.2, 0) is 17.3 Å². The molecule has 3 aromatic rings. The van der Waals surface area contributed by atoms with E-state index >= 15 is 0 Å². The summed E-state index contributed by atoms with van der Waals surface area (Å²) in [4.78, 5) is 17.2. The number of ether oxygens (including phenoxy) is 2. The van der Waals surface area contributed by atoms with E-state index in [1.165, 1.54) is 0 Å². The Morgan fingerprint density at radius 1 is 1.29 bits per heavy atom. The standard InChI is InChI=1S/C15H13N3O3/c1-17-10-5-16-9-3-2-4-11-12(9)13(10)18(14(17)19)15(8-21-11)6-20-7-15/h2-5H,6-8H2,1H3. The minimum atomic E-state index is -0.399. The average molecular weight is 283 g/mol. The molecule has 1 spiro atoms. The molecule has 6 heteroatoms. The van der Waals surface area contributed by atoms with Crippen molar-refractivity contribution in [1.29, 1.82) is 0 Å². The SMILES string of the molecule is Cn1c(=O)n2c3c4c(cccc4ncc31)OCC21COC1. The van der Waals surface area contributed by atoms with Crippen molar-refractivity contribution in [1.82, 2.24) is 14.1 Å². The fourth-order valence-electron chi connectivity index (χ4n) is 3.39. The minimum absolute atomic E-state index is 0.0390. The largest absolute Gasteiger partial charge is 0.490 e. The second-order valence-electron chi connectivity index (χ2n) is 5.83. The van der Waals surface area contributed by atoms with Crippen LogP contribution in [0.25, 0.3) is 21.9 Å². The lowest BCUT2D eigenvalue weighted by Crippen LogP contribution is -2.58. The van der Waals surface area contributed by atoms with Crippen LogP contribution >= 0.6 is 0 Å². The van der Waals surface area contributed by atoms with Gasteiger partial charge >= 0.3 is 5.69 Å². The van der Waals surface area contributed by atoms with E-state index in [2.05, 4.69) is 4.98 Å². The third kappa shape index (κ3) is 1.18. The monoisotopic (exact) mass is 283 g/mol. The van der Waals surface area contributed by atoms with Crippen LogP contribution < -0.4 is 10.4 Å². The summed E-state index contributed by atoms with van der Waals surface area (Å²) in [5.74, 6) is 0.786. The molecule has 4 heterocycles. The van der Waals surface area contributed by atoms with Crippen molar-refractivity contribution in [3.8, 4) is 5.75 Å². The van der Waals surface area contributed by atoms with E-state index in [-0.39, 0.29) is 5.69 Å². The van der Waals surface area contributed by atoms with Gasteiger partial charge in [-0.25, -0.2) is 4.79 Å². The van der Waals surface area contributed by atoms with Crippen LogP contribution in [0.3, 0.4) is 0 Å². The van der Waals surface area contributed by atoms with Crippen LogP contribution in [-0.4, -0.2) is 33.9 Å². The third-order valence-electron chi connectivity index (χ3n) is 4.58. The molecule has 0 amide bonds. The molecule has 1 aromatic carbocycles. The van der Waals surface area contributed by atoms with E-state index in [9.17, 15) is 4.79 Å². The quantitative estimate of drug-likeness (QED) is 0.618. The van der Waals surface area contributed by atoms with E-state index in [1.54, 1.807) is 17.8 Å². The fourth-order valence-corrected chi connectivity index (χ4v) is 3.39. The lowest BCUT2D eigenvalue weighted by atomic mass is 9.98. The molecule has 2 aliphatic rings. The van der Waals surface area contributed by atoms with Gasteiger partial charge in [-0.3, -0.25) is 14.1 Å². The molecular weight excluding hydrogens is 270 g/mol. The molecule has 21 heavy (non-hydrogen) atoms. The Morgan fingerprint density at radius 3 is 2.90 bits per heavy atom. The number of hydrogen-bond acceptors (Lipinski definition) is 4. The van der Waals surface area contributed by atoms with Crippen molar-refractivity contribution >= 4 is 21.9 Å². The second-order valence-corrected chi connectivity index (χ2v) is 5.83. The van der Waals surface area contributed by atoms with Crippen molar-refractivity contribution in [2.75, 3.05) is 19.8 Å². The number of rotatable bonds is 0. The maximum Gasteiger partial charge on any atom is 0.329 e. The van der Waals surface area contributed by atoms with Gasteiger partial charge in [-0.05, 0) is 12.1 Å². The molecule has 2 aromatic heterocycles. The van der Waals surface area contributed by atoms with Crippen LogP contribution in [0.4, 0.5) is 0 Å². The van der Waals surface area contributed by atoms with Crippen LogP contribution in [0.2, 0.25) is 0 Å². The molecule has 1 saturated heterocycles. The number of imidazole rings is 1. The predicted molar refractivity (Wildman–Crippen MR) is 76.8 cm³/mol. The van der Waals surface area contributed by atoms with Gasteiger partial charge in [-0.1, -0.05) is 6.07 Å². The molecule has 0 N–H and O–H groups in total. The van der Waals surface area contributed by atoms with Crippen LogP contribution in [0, 0.1) is 0 Å². The first-order valence-corrected chi connectivity index (χ1v) is 6.91.